The minimum atomic E-state index is 0.0274. The highest BCUT2D eigenvalue weighted by Crippen LogP contribution is 2.22. The zero-order chi connectivity index (χ0) is 13.7. The van der Waals surface area contributed by atoms with Crippen LogP contribution in [-0.4, -0.2) is 44.0 Å². The van der Waals surface area contributed by atoms with Crippen LogP contribution in [0.25, 0.3) is 0 Å². The maximum absolute atomic E-state index is 12.7. The Kier molecular flexibility index (Phi) is 4.97. The van der Waals surface area contributed by atoms with Gasteiger partial charge in [-0.05, 0) is 12.0 Å². The summed E-state index contributed by atoms with van der Waals surface area (Å²) in [5, 5.41) is 0. The van der Waals surface area contributed by atoms with E-state index in [1.807, 2.05) is 18.2 Å². The summed E-state index contributed by atoms with van der Waals surface area (Å²) >= 11 is 0. The van der Waals surface area contributed by atoms with E-state index in [9.17, 15) is 4.79 Å². The van der Waals surface area contributed by atoms with E-state index in [-0.39, 0.29) is 5.92 Å². The van der Waals surface area contributed by atoms with Crippen LogP contribution in [0, 0.1) is 0 Å². The van der Waals surface area contributed by atoms with Gasteiger partial charge in [-0.3, -0.25) is 4.79 Å². The molecule has 0 saturated carbocycles. The molecule has 19 heavy (non-hydrogen) atoms. The zero-order valence-electron chi connectivity index (χ0n) is 12.1. The Labute approximate surface area is 116 Å². The van der Waals surface area contributed by atoms with Gasteiger partial charge in [0.15, 0.2) is 0 Å². The Balaban J connectivity index is 2.08. The lowest BCUT2D eigenvalue weighted by atomic mass is 9.95. The molecule has 1 fully saturated rings. The van der Waals surface area contributed by atoms with Gasteiger partial charge in [0, 0.05) is 13.0 Å². The molecule has 104 valence electrons. The summed E-state index contributed by atoms with van der Waals surface area (Å²) in [5.41, 5.74) is 1.15. The van der Waals surface area contributed by atoms with Crippen molar-refractivity contribution in [2.24, 2.45) is 0 Å². The van der Waals surface area contributed by atoms with Crippen molar-refractivity contribution in [1.82, 2.24) is 4.90 Å². The summed E-state index contributed by atoms with van der Waals surface area (Å²) in [7, 11) is 2.21. The van der Waals surface area contributed by atoms with Crippen molar-refractivity contribution in [1.29, 1.82) is 0 Å². The van der Waals surface area contributed by atoms with Crippen LogP contribution in [-0.2, 0) is 4.79 Å². The number of benzene rings is 1. The van der Waals surface area contributed by atoms with Crippen molar-refractivity contribution in [2.75, 3.05) is 33.2 Å². The number of rotatable bonds is 3. The summed E-state index contributed by atoms with van der Waals surface area (Å²) in [6, 6.07) is 10.2. The summed E-state index contributed by atoms with van der Waals surface area (Å²) < 4.78 is 0. The maximum atomic E-state index is 12.7. The van der Waals surface area contributed by atoms with E-state index in [2.05, 4.69) is 31.0 Å². The van der Waals surface area contributed by atoms with Gasteiger partial charge in [0.2, 0.25) is 5.91 Å². The number of nitrogens with zero attached hydrogens (tertiary/aromatic N) is 1. The minimum Gasteiger partial charge on any atom is -0.336 e. The second-order valence-corrected chi connectivity index (χ2v) is 5.51. The lowest BCUT2D eigenvalue weighted by Crippen LogP contribution is -3.09. The normalized spacial score (nSPS) is 21.8. The maximum Gasteiger partial charge on any atom is 0.230 e. The van der Waals surface area contributed by atoms with Gasteiger partial charge in [-0.2, -0.15) is 0 Å². The molecule has 0 aromatic heterocycles. The van der Waals surface area contributed by atoms with Crippen LogP contribution < -0.4 is 4.90 Å². The van der Waals surface area contributed by atoms with Crippen LogP contribution in [0.15, 0.2) is 30.3 Å². The third-order valence-corrected chi connectivity index (χ3v) is 4.06. The van der Waals surface area contributed by atoms with Crippen molar-refractivity contribution in [3.8, 4) is 0 Å². The van der Waals surface area contributed by atoms with E-state index in [4.69, 9.17) is 0 Å². The molecule has 0 bridgehead atoms. The highest BCUT2D eigenvalue weighted by molar-refractivity contribution is 5.83. The van der Waals surface area contributed by atoms with Crippen molar-refractivity contribution in [3.05, 3.63) is 35.9 Å². The van der Waals surface area contributed by atoms with Gasteiger partial charge >= 0.3 is 0 Å². The topological polar surface area (TPSA) is 24.8 Å². The van der Waals surface area contributed by atoms with Crippen LogP contribution >= 0.6 is 0 Å². The Morgan fingerprint density at radius 3 is 2.68 bits per heavy atom. The number of hydrogen-bond donors (Lipinski definition) is 1. The fourth-order valence-corrected chi connectivity index (χ4v) is 2.81. The molecule has 1 aromatic carbocycles. The molecule has 0 radical (unpaired) electrons. The zero-order valence-corrected chi connectivity index (χ0v) is 12.1. The summed E-state index contributed by atoms with van der Waals surface area (Å²) in [5.74, 6) is 0.336. The molecule has 3 heteroatoms. The molecule has 1 aliphatic rings. The minimum absolute atomic E-state index is 0.0274. The standard InChI is InChI=1S/C16H24N2O/c1-3-15(14-8-5-4-6-9-14)16(19)18-11-7-10-17(2)12-13-18/h4-6,8-9,15H,3,7,10-13H2,1-2H3/p+1/t15-/m0/s1. The number of carbonyl (C=O) groups excluding carboxylic acids is 1. The smallest absolute Gasteiger partial charge is 0.230 e. The van der Waals surface area contributed by atoms with Crippen LogP contribution in [0.4, 0.5) is 0 Å². The average Bonchev–Trinajstić information content (AvgIpc) is 2.65. The fraction of sp³-hybridized carbons (Fsp3) is 0.562. The molecule has 0 aliphatic carbocycles. The number of hydrogen-bond acceptors (Lipinski definition) is 1. The van der Waals surface area contributed by atoms with Gasteiger partial charge in [0.25, 0.3) is 0 Å². The molecule has 1 aliphatic heterocycles. The first-order valence-electron chi connectivity index (χ1n) is 7.37. The molecule has 1 saturated heterocycles. The van der Waals surface area contributed by atoms with Gasteiger partial charge in [-0.1, -0.05) is 37.3 Å². The van der Waals surface area contributed by atoms with Crippen molar-refractivity contribution < 1.29 is 9.69 Å². The highest BCUT2D eigenvalue weighted by atomic mass is 16.2. The molecule has 1 amide bonds. The molecule has 2 rings (SSSR count). The Morgan fingerprint density at radius 1 is 1.26 bits per heavy atom. The largest absolute Gasteiger partial charge is 0.336 e. The number of likely N-dealkylation sites (N-methyl/N-ethyl adjacent to an activating group) is 1. The van der Waals surface area contributed by atoms with Crippen LogP contribution in [0.5, 0.6) is 0 Å². The Hall–Kier alpha value is -1.35. The first-order chi connectivity index (χ1) is 9.22. The SMILES string of the molecule is CC[C@H](C(=O)N1CCC[NH+](C)CC1)c1ccccc1. The Morgan fingerprint density at radius 2 is 2.00 bits per heavy atom. The van der Waals surface area contributed by atoms with Crippen LogP contribution in [0.2, 0.25) is 0 Å². The molecule has 3 nitrogen and oxygen atoms in total. The monoisotopic (exact) mass is 261 g/mol. The predicted molar refractivity (Wildman–Crippen MR) is 77.3 cm³/mol. The molecular formula is C16H25N2O+. The number of amides is 1. The van der Waals surface area contributed by atoms with E-state index in [0.717, 1.165) is 38.0 Å². The lowest BCUT2D eigenvalue weighted by molar-refractivity contribution is -0.877. The van der Waals surface area contributed by atoms with Gasteiger partial charge < -0.3 is 9.80 Å². The van der Waals surface area contributed by atoms with Gasteiger partial charge in [0.1, 0.15) is 0 Å². The van der Waals surface area contributed by atoms with Gasteiger partial charge in [0.05, 0.1) is 32.6 Å². The number of carbonyl (C=O) groups is 1. The summed E-state index contributed by atoms with van der Waals surface area (Å²) in [4.78, 5) is 16.3. The highest BCUT2D eigenvalue weighted by Gasteiger charge is 2.26. The van der Waals surface area contributed by atoms with Crippen molar-refractivity contribution in [2.45, 2.75) is 25.7 Å². The van der Waals surface area contributed by atoms with Crippen molar-refractivity contribution >= 4 is 5.91 Å². The van der Waals surface area contributed by atoms with E-state index in [1.54, 1.807) is 0 Å². The van der Waals surface area contributed by atoms with Gasteiger partial charge in [-0.25, -0.2) is 0 Å². The van der Waals surface area contributed by atoms with Crippen LogP contribution in [0.1, 0.15) is 31.2 Å². The molecule has 2 atom stereocenters. The molecular weight excluding hydrogens is 236 g/mol. The Bertz CT molecular complexity index is 404. The molecule has 1 heterocycles. The summed E-state index contributed by atoms with van der Waals surface area (Å²) in [6.07, 6.45) is 1.99. The fourth-order valence-electron chi connectivity index (χ4n) is 2.81. The number of nitrogens with one attached hydrogen (secondary N) is 1. The number of quaternary nitrogens is 1. The molecule has 1 aromatic rings. The second-order valence-electron chi connectivity index (χ2n) is 5.51. The lowest BCUT2D eigenvalue weighted by Gasteiger charge is -2.25. The van der Waals surface area contributed by atoms with Gasteiger partial charge in [-0.15, -0.1) is 0 Å². The van der Waals surface area contributed by atoms with Crippen LogP contribution in [0.3, 0.4) is 0 Å². The third kappa shape index (κ3) is 3.57. The average molecular weight is 261 g/mol. The second kappa shape index (κ2) is 6.71. The van der Waals surface area contributed by atoms with Crippen molar-refractivity contribution in [3.63, 3.8) is 0 Å². The molecule has 1 unspecified atom stereocenters. The first kappa shape index (κ1) is 14.1. The van der Waals surface area contributed by atoms with E-state index in [0.29, 0.717) is 5.91 Å². The van der Waals surface area contributed by atoms with E-state index < -0.39 is 0 Å². The molecule has 0 spiro atoms. The third-order valence-electron chi connectivity index (χ3n) is 4.06. The molecule has 1 N–H and O–H groups in total. The predicted octanol–water partition coefficient (Wildman–Crippen LogP) is 0.927. The quantitative estimate of drug-likeness (QED) is 0.860. The summed E-state index contributed by atoms with van der Waals surface area (Å²) in [6.45, 7) is 6.15. The van der Waals surface area contributed by atoms with E-state index in [1.165, 1.54) is 11.4 Å². The van der Waals surface area contributed by atoms with E-state index >= 15 is 0 Å². The first-order valence-corrected chi connectivity index (χ1v) is 7.37.